The zero-order valence-electron chi connectivity index (χ0n) is 14.1. The normalized spacial score (nSPS) is 20.2. The van der Waals surface area contributed by atoms with Crippen LogP contribution < -0.4 is 10.3 Å². The largest absolute Gasteiger partial charge is 0.393 e. The first-order valence-corrected chi connectivity index (χ1v) is 10.7. The van der Waals surface area contributed by atoms with Crippen LogP contribution in [0.5, 0.6) is 0 Å². The number of thiophene rings is 1. The number of aliphatic hydroxyl groups excluding tert-OH is 1. The summed E-state index contributed by atoms with van der Waals surface area (Å²) >= 11 is 1.12. The molecule has 142 valence electrons. The molecule has 9 heteroatoms. The van der Waals surface area contributed by atoms with Crippen LogP contribution in [0.1, 0.15) is 30.1 Å². The Bertz CT molecular complexity index is 1170. The number of sulfonamides is 1. The number of aliphatic hydroxyl groups is 1. The van der Waals surface area contributed by atoms with E-state index < -0.39 is 21.4 Å². The fourth-order valence-corrected chi connectivity index (χ4v) is 5.93. The van der Waals surface area contributed by atoms with Gasteiger partial charge in [0.25, 0.3) is 15.6 Å². The van der Waals surface area contributed by atoms with Crippen LogP contribution in [0.2, 0.25) is 0 Å². The predicted octanol–water partition coefficient (Wildman–Crippen LogP) is 3.16. The molecule has 0 spiro atoms. The molecule has 2 aromatic heterocycles. The van der Waals surface area contributed by atoms with Crippen molar-refractivity contribution in [1.29, 1.82) is 0 Å². The Morgan fingerprint density at radius 2 is 2.04 bits per heavy atom. The fourth-order valence-electron chi connectivity index (χ4n) is 3.40. The molecule has 3 N–H and O–H groups in total. The summed E-state index contributed by atoms with van der Waals surface area (Å²) in [5.74, 6) is -0.614. The molecule has 0 amide bonds. The molecule has 1 saturated carbocycles. The molecule has 1 fully saturated rings. The number of H-pyrrole nitrogens is 1. The lowest BCUT2D eigenvalue weighted by atomic mass is 10.1. The topological polar surface area (TPSA) is 99.3 Å². The first-order valence-electron chi connectivity index (χ1n) is 8.45. The second-order valence-electron chi connectivity index (χ2n) is 6.65. The van der Waals surface area contributed by atoms with Crippen LogP contribution in [0.15, 0.2) is 45.5 Å². The van der Waals surface area contributed by atoms with Crippen LogP contribution in [0.4, 0.5) is 10.1 Å². The summed E-state index contributed by atoms with van der Waals surface area (Å²) in [4.78, 5) is 15.3. The van der Waals surface area contributed by atoms with Gasteiger partial charge in [0.05, 0.1) is 11.8 Å². The van der Waals surface area contributed by atoms with Crippen molar-refractivity contribution in [3.63, 3.8) is 0 Å². The Kier molecular flexibility index (Phi) is 4.53. The van der Waals surface area contributed by atoms with Crippen molar-refractivity contribution in [2.24, 2.45) is 0 Å². The van der Waals surface area contributed by atoms with Crippen molar-refractivity contribution in [2.45, 2.75) is 35.5 Å². The van der Waals surface area contributed by atoms with Gasteiger partial charge in [0.1, 0.15) is 10.0 Å². The SMILES string of the molecule is O=c1[nH]ccc2cc(F)c(NS(=O)(=O)c3ccc(C4CCC(O)C4)s3)cc12. The van der Waals surface area contributed by atoms with E-state index in [0.29, 0.717) is 18.2 Å². The Labute approximate surface area is 158 Å². The maximum atomic E-state index is 14.3. The summed E-state index contributed by atoms with van der Waals surface area (Å²) in [6, 6.07) is 7.09. The molecule has 27 heavy (non-hydrogen) atoms. The standard InChI is InChI=1S/C18H17FN2O4S2/c19-14-8-10-5-6-20-18(23)13(10)9-15(14)21-27(24,25)17-4-3-16(26-17)11-1-2-12(22)7-11/h3-6,8-9,11-12,21-22H,1-2,7H2,(H,20,23). The molecule has 0 saturated heterocycles. The third-order valence-corrected chi connectivity index (χ3v) is 7.88. The first-order chi connectivity index (χ1) is 12.8. The van der Waals surface area contributed by atoms with E-state index in [-0.39, 0.29) is 27.3 Å². The lowest BCUT2D eigenvalue weighted by Gasteiger charge is -2.09. The highest BCUT2D eigenvalue weighted by Gasteiger charge is 2.27. The van der Waals surface area contributed by atoms with Gasteiger partial charge < -0.3 is 10.1 Å². The Hall–Kier alpha value is -2.23. The number of fused-ring (bicyclic) bond motifs is 1. The smallest absolute Gasteiger partial charge is 0.271 e. The van der Waals surface area contributed by atoms with E-state index in [2.05, 4.69) is 9.71 Å². The van der Waals surface area contributed by atoms with E-state index in [1.807, 2.05) is 0 Å². The van der Waals surface area contributed by atoms with Gasteiger partial charge in [-0.1, -0.05) is 0 Å². The van der Waals surface area contributed by atoms with Crippen LogP contribution in [0.25, 0.3) is 10.8 Å². The predicted molar refractivity (Wildman–Crippen MR) is 102 cm³/mol. The molecule has 2 heterocycles. The van der Waals surface area contributed by atoms with Gasteiger partial charge in [0.2, 0.25) is 0 Å². The summed E-state index contributed by atoms with van der Waals surface area (Å²) in [7, 11) is -3.99. The van der Waals surface area contributed by atoms with Crippen molar-refractivity contribution < 1.29 is 17.9 Å². The average Bonchev–Trinajstić information content (AvgIpc) is 3.25. The van der Waals surface area contributed by atoms with E-state index in [1.165, 1.54) is 18.3 Å². The minimum absolute atomic E-state index is 0.0698. The van der Waals surface area contributed by atoms with E-state index in [1.54, 1.807) is 12.1 Å². The molecule has 0 aliphatic heterocycles. The van der Waals surface area contributed by atoms with Crippen molar-refractivity contribution >= 4 is 37.8 Å². The molecular formula is C18H17FN2O4S2. The van der Waals surface area contributed by atoms with Crippen molar-refractivity contribution in [2.75, 3.05) is 4.72 Å². The molecule has 0 bridgehead atoms. The van der Waals surface area contributed by atoms with Gasteiger partial charge >= 0.3 is 0 Å². The molecule has 6 nitrogen and oxygen atoms in total. The summed E-state index contributed by atoms with van der Waals surface area (Å²) in [5, 5.41) is 10.3. The number of hydrogen-bond donors (Lipinski definition) is 3. The summed E-state index contributed by atoms with van der Waals surface area (Å²) < 4.78 is 42.0. The van der Waals surface area contributed by atoms with E-state index >= 15 is 0 Å². The number of nitrogens with one attached hydrogen (secondary N) is 2. The Morgan fingerprint density at radius 1 is 1.22 bits per heavy atom. The van der Waals surface area contributed by atoms with Gasteiger partial charge in [-0.15, -0.1) is 11.3 Å². The van der Waals surface area contributed by atoms with Gasteiger partial charge in [-0.3, -0.25) is 9.52 Å². The minimum atomic E-state index is -3.99. The number of aromatic amines is 1. The van der Waals surface area contributed by atoms with Crippen LogP contribution in [0.3, 0.4) is 0 Å². The molecule has 1 aliphatic rings. The average molecular weight is 408 g/mol. The highest BCUT2D eigenvalue weighted by Crippen LogP contribution is 2.39. The van der Waals surface area contributed by atoms with Crippen LogP contribution in [-0.4, -0.2) is 24.6 Å². The zero-order chi connectivity index (χ0) is 19.2. The summed E-state index contributed by atoms with van der Waals surface area (Å²) in [6.07, 6.45) is 3.20. The third-order valence-electron chi connectivity index (χ3n) is 4.78. The van der Waals surface area contributed by atoms with Crippen LogP contribution >= 0.6 is 11.3 Å². The lowest BCUT2D eigenvalue weighted by molar-refractivity contribution is 0.181. The van der Waals surface area contributed by atoms with Gasteiger partial charge in [-0.05, 0) is 60.9 Å². The van der Waals surface area contributed by atoms with Crippen LogP contribution in [-0.2, 0) is 10.0 Å². The second-order valence-corrected chi connectivity index (χ2v) is 9.68. The highest BCUT2D eigenvalue weighted by atomic mass is 32.2. The maximum Gasteiger partial charge on any atom is 0.271 e. The van der Waals surface area contributed by atoms with E-state index in [0.717, 1.165) is 28.7 Å². The molecule has 1 aliphatic carbocycles. The van der Waals surface area contributed by atoms with E-state index in [4.69, 9.17) is 0 Å². The lowest BCUT2D eigenvalue weighted by Crippen LogP contribution is -2.13. The van der Waals surface area contributed by atoms with Crippen molar-refractivity contribution in [3.8, 4) is 0 Å². The number of anilines is 1. The number of hydrogen-bond acceptors (Lipinski definition) is 5. The second kappa shape index (κ2) is 6.74. The fraction of sp³-hybridized carbons (Fsp3) is 0.278. The first kappa shape index (κ1) is 18.1. The summed E-state index contributed by atoms with van der Waals surface area (Å²) in [5.41, 5.74) is -0.698. The number of aromatic nitrogens is 1. The van der Waals surface area contributed by atoms with Gasteiger partial charge in [-0.25, -0.2) is 12.8 Å². The number of halogens is 1. The maximum absolute atomic E-state index is 14.3. The molecule has 3 aromatic rings. The molecule has 2 atom stereocenters. The van der Waals surface area contributed by atoms with Crippen molar-refractivity contribution in [3.05, 3.63) is 57.6 Å². The van der Waals surface area contributed by atoms with E-state index in [9.17, 15) is 22.7 Å². The number of rotatable bonds is 4. The Balaban J connectivity index is 1.65. The zero-order valence-corrected chi connectivity index (χ0v) is 15.7. The summed E-state index contributed by atoms with van der Waals surface area (Å²) in [6.45, 7) is 0. The number of pyridine rings is 1. The monoisotopic (exact) mass is 408 g/mol. The minimum Gasteiger partial charge on any atom is -0.393 e. The molecule has 4 rings (SSSR count). The van der Waals surface area contributed by atoms with Gasteiger partial charge in [0.15, 0.2) is 0 Å². The molecule has 2 unspecified atom stereocenters. The van der Waals surface area contributed by atoms with Crippen molar-refractivity contribution in [1.82, 2.24) is 4.98 Å². The molecular weight excluding hydrogens is 391 g/mol. The Morgan fingerprint density at radius 3 is 2.78 bits per heavy atom. The van der Waals surface area contributed by atoms with Gasteiger partial charge in [0, 0.05) is 16.5 Å². The molecule has 1 aromatic carbocycles. The molecule has 0 radical (unpaired) electrons. The third kappa shape index (κ3) is 3.50. The quantitative estimate of drug-likeness (QED) is 0.617. The van der Waals surface area contributed by atoms with Gasteiger partial charge in [-0.2, -0.15) is 0 Å². The highest BCUT2D eigenvalue weighted by molar-refractivity contribution is 7.94. The van der Waals surface area contributed by atoms with Crippen LogP contribution in [0, 0.1) is 5.82 Å². The number of benzene rings is 1.